The number of aromatic nitrogens is 3. The Morgan fingerprint density at radius 1 is 1.54 bits per heavy atom. The summed E-state index contributed by atoms with van der Waals surface area (Å²) in [6.45, 7) is 5.59. The molecule has 2 aromatic heterocycles. The summed E-state index contributed by atoms with van der Waals surface area (Å²) in [5, 5.41) is 6.12. The van der Waals surface area contributed by atoms with Gasteiger partial charge in [0.25, 0.3) is 0 Å². The Labute approximate surface area is 146 Å². The molecule has 1 aliphatic heterocycles. The molecule has 1 N–H and O–H groups in total. The fourth-order valence-corrected chi connectivity index (χ4v) is 3.90. The summed E-state index contributed by atoms with van der Waals surface area (Å²) in [5.41, 5.74) is 0.937. The highest BCUT2D eigenvalue weighted by Crippen LogP contribution is 2.21. The molecule has 3 rings (SSSR count). The molecule has 0 bridgehead atoms. The second kappa shape index (κ2) is 7.34. The number of carbonyl (C=O) groups is 1. The molecule has 130 valence electrons. The van der Waals surface area contributed by atoms with E-state index in [2.05, 4.69) is 19.9 Å². The normalized spacial score (nSPS) is 19.3. The standard InChI is InChI=1S/C17H25N5OS/c1-12(15-11-24-13(2)20-15)19-17(23)22-7-4-5-14(10-22)9-16-18-6-8-21(16)3/h6,8,11-12,14H,4-5,7,9-10H2,1-3H3,(H,19,23)/t12-,14-/m0/s1. The Balaban J connectivity index is 1.55. The highest BCUT2D eigenvalue weighted by atomic mass is 32.1. The van der Waals surface area contributed by atoms with E-state index in [1.54, 1.807) is 11.3 Å². The molecule has 2 atom stereocenters. The molecule has 2 aromatic rings. The van der Waals surface area contributed by atoms with E-state index < -0.39 is 0 Å². The first-order valence-corrected chi connectivity index (χ1v) is 9.34. The first-order valence-electron chi connectivity index (χ1n) is 8.46. The quantitative estimate of drug-likeness (QED) is 0.925. The van der Waals surface area contributed by atoms with Crippen molar-refractivity contribution in [3.05, 3.63) is 34.3 Å². The molecule has 0 radical (unpaired) electrons. The van der Waals surface area contributed by atoms with Gasteiger partial charge in [-0.3, -0.25) is 0 Å². The molecular formula is C17H25N5OS. The molecule has 1 aliphatic rings. The van der Waals surface area contributed by atoms with Crippen LogP contribution < -0.4 is 5.32 Å². The zero-order valence-corrected chi connectivity index (χ0v) is 15.3. The van der Waals surface area contributed by atoms with Crippen molar-refractivity contribution >= 4 is 17.4 Å². The van der Waals surface area contributed by atoms with E-state index in [1.165, 1.54) is 0 Å². The maximum Gasteiger partial charge on any atom is 0.317 e. The number of rotatable bonds is 4. The van der Waals surface area contributed by atoms with E-state index in [0.29, 0.717) is 5.92 Å². The summed E-state index contributed by atoms with van der Waals surface area (Å²) in [6, 6.07) is -0.0462. The average Bonchev–Trinajstić information content (AvgIpc) is 3.17. The van der Waals surface area contributed by atoms with Crippen LogP contribution in [-0.4, -0.2) is 38.6 Å². The highest BCUT2D eigenvalue weighted by Gasteiger charge is 2.26. The van der Waals surface area contributed by atoms with E-state index in [-0.39, 0.29) is 12.1 Å². The lowest BCUT2D eigenvalue weighted by atomic mass is 9.94. The number of carbonyl (C=O) groups excluding carboxylic acids is 1. The lowest BCUT2D eigenvalue weighted by Crippen LogP contribution is -2.46. The van der Waals surface area contributed by atoms with Gasteiger partial charge in [0, 0.05) is 44.3 Å². The fraction of sp³-hybridized carbons (Fsp3) is 0.588. The number of hydrogen-bond acceptors (Lipinski definition) is 4. The van der Waals surface area contributed by atoms with Crippen LogP contribution in [0, 0.1) is 12.8 Å². The lowest BCUT2D eigenvalue weighted by molar-refractivity contribution is 0.161. The molecule has 0 saturated carbocycles. The van der Waals surface area contributed by atoms with Gasteiger partial charge in [0.05, 0.1) is 16.7 Å². The molecule has 0 spiro atoms. The van der Waals surface area contributed by atoms with E-state index in [0.717, 1.165) is 48.9 Å². The van der Waals surface area contributed by atoms with E-state index >= 15 is 0 Å². The zero-order valence-electron chi connectivity index (χ0n) is 14.5. The second-order valence-electron chi connectivity index (χ2n) is 6.58. The predicted molar refractivity (Wildman–Crippen MR) is 95.0 cm³/mol. The van der Waals surface area contributed by atoms with Crippen LogP contribution >= 0.6 is 11.3 Å². The second-order valence-corrected chi connectivity index (χ2v) is 7.64. The molecular weight excluding hydrogens is 322 g/mol. The Kier molecular flexibility index (Phi) is 5.18. The highest BCUT2D eigenvalue weighted by molar-refractivity contribution is 7.09. The lowest BCUT2D eigenvalue weighted by Gasteiger charge is -2.33. The number of piperidine rings is 1. The first kappa shape index (κ1) is 17.0. The van der Waals surface area contributed by atoms with Gasteiger partial charge in [-0.2, -0.15) is 0 Å². The van der Waals surface area contributed by atoms with Crippen LogP contribution in [-0.2, 0) is 13.5 Å². The molecule has 0 aliphatic carbocycles. The Morgan fingerprint density at radius 3 is 3.04 bits per heavy atom. The van der Waals surface area contributed by atoms with Gasteiger partial charge in [0.15, 0.2) is 0 Å². The number of thiazole rings is 1. The van der Waals surface area contributed by atoms with E-state index in [1.807, 2.05) is 43.6 Å². The Bertz CT molecular complexity index is 695. The van der Waals surface area contributed by atoms with Crippen molar-refractivity contribution in [2.45, 2.75) is 39.2 Å². The third kappa shape index (κ3) is 3.95. The predicted octanol–water partition coefficient (Wildman–Crippen LogP) is 2.91. The van der Waals surface area contributed by atoms with Crippen LogP contribution in [0.1, 0.15) is 42.3 Å². The minimum atomic E-state index is -0.0580. The summed E-state index contributed by atoms with van der Waals surface area (Å²) in [5.74, 6) is 1.57. The fourth-order valence-electron chi connectivity index (χ4n) is 3.20. The number of nitrogens with zero attached hydrogens (tertiary/aromatic N) is 4. The zero-order chi connectivity index (χ0) is 17.1. The van der Waals surface area contributed by atoms with Gasteiger partial charge < -0.3 is 14.8 Å². The largest absolute Gasteiger partial charge is 0.338 e. The van der Waals surface area contributed by atoms with Crippen LogP contribution in [0.2, 0.25) is 0 Å². The van der Waals surface area contributed by atoms with Crippen molar-refractivity contribution in [3.8, 4) is 0 Å². The van der Waals surface area contributed by atoms with Gasteiger partial charge in [0.1, 0.15) is 5.82 Å². The molecule has 24 heavy (non-hydrogen) atoms. The number of likely N-dealkylation sites (tertiary alicyclic amines) is 1. The van der Waals surface area contributed by atoms with Gasteiger partial charge in [-0.05, 0) is 32.6 Å². The van der Waals surface area contributed by atoms with Crippen LogP contribution in [0.3, 0.4) is 0 Å². The van der Waals surface area contributed by atoms with Gasteiger partial charge in [-0.15, -0.1) is 11.3 Å². The SMILES string of the molecule is Cc1nc([C@H](C)NC(=O)N2CCC[C@@H](Cc3nccn3C)C2)cs1. The number of hydrogen-bond donors (Lipinski definition) is 1. The van der Waals surface area contributed by atoms with Crippen LogP contribution in [0.5, 0.6) is 0 Å². The van der Waals surface area contributed by atoms with Gasteiger partial charge in [0.2, 0.25) is 0 Å². The smallest absolute Gasteiger partial charge is 0.317 e. The van der Waals surface area contributed by atoms with Crippen LogP contribution in [0.4, 0.5) is 4.79 Å². The van der Waals surface area contributed by atoms with Crippen molar-refractivity contribution in [3.63, 3.8) is 0 Å². The topological polar surface area (TPSA) is 63.1 Å². The van der Waals surface area contributed by atoms with Gasteiger partial charge in [-0.25, -0.2) is 14.8 Å². The molecule has 6 nitrogen and oxygen atoms in total. The summed E-state index contributed by atoms with van der Waals surface area (Å²) in [7, 11) is 2.02. The number of nitrogens with one attached hydrogen (secondary N) is 1. The van der Waals surface area contributed by atoms with Crippen molar-refractivity contribution in [2.24, 2.45) is 13.0 Å². The Morgan fingerprint density at radius 2 is 2.38 bits per heavy atom. The summed E-state index contributed by atoms with van der Waals surface area (Å²) in [6.07, 6.45) is 6.93. The third-order valence-corrected chi connectivity index (χ3v) is 5.41. The van der Waals surface area contributed by atoms with Crippen molar-refractivity contribution < 1.29 is 4.79 Å². The molecule has 1 saturated heterocycles. The van der Waals surface area contributed by atoms with Gasteiger partial charge >= 0.3 is 6.03 Å². The summed E-state index contributed by atoms with van der Waals surface area (Å²) < 4.78 is 2.06. The first-order chi connectivity index (χ1) is 11.5. The molecule has 2 amide bonds. The molecule has 0 aromatic carbocycles. The number of aryl methyl sites for hydroxylation is 2. The molecule has 7 heteroatoms. The summed E-state index contributed by atoms with van der Waals surface area (Å²) in [4.78, 5) is 23.4. The number of imidazole rings is 1. The monoisotopic (exact) mass is 347 g/mol. The van der Waals surface area contributed by atoms with Crippen LogP contribution in [0.15, 0.2) is 17.8 Å². The summed E-state index contributed by atoms with van der Waals surface area (Å²) >= 11 is 1.61. The van der Waals surface area contributed by atoms with E-state index in [4.69, 9.17) is 0 Å². The molecule has 1 fully saturated rings. The molecule has 3 heterocycles. The average molecular weight is 347 g/mol. The third-order valence-electron chi connectivity index (χ3n) is 4.62. The molecule has 0 unspecified atom stereocenters. The maximum absolute atomic E-state index is 12.6. The van der Waals surface area contributed by atoms with Crippen molar-refractivity contribution in [1.82, 2.24) is 24.8 Å². The van der Waals surface area contributed by atoms with Crippen LogP contribution in [0.25, 0.3) is 0 Å². The van der Waals surface area contributed by atoms with Gasteiger partial charge in [-0.1, -0.05) is 0 Å². The number of amides is 2. The van der Waals surface area contributed by atoms with E-state index in [9.17, 15) is 4.79 Å². The number of urea groups is 1. The minimum absolute atomic E-state index is 0.0118. The maximum atomic E-state index is 12.6. The minimum Gasteiger partial charge on any atom is -0.338 e. The van der Waals surface area contributed by atoms with Crippen molar-refractivity contribution in [1.29, 1.82) is 0 Å². The van der Waals surface area contributed by atoms with Crippen molar-refractivity contribution in [2.75, 3.05) is 13.1 Å². The Hall–Kier alpha value is -1.89.